The highest BCUT2D eigenvalue weighted by Crippen LogP contribution is 2.38. The molecule has 0 saturated heterocycles. The molecule has 0 spiro atoms. The van der Waals surface area contributed by atoms with Crippen LogP contribution in [0.15, 0.2) is 36.4 Å². The molecule has 2 aromatic heterocycles. The van der Waals surface area contributed by atoms with Crippen LogP contribution in [-0.2, 0) is 6.54 Å². The lowest BCUT2D eigenvalue weighted by Crippen LogP contribution is -2.26. The van der Waals surface area contributed by atoms with Gasteiger partial charge < -0.3 is 26.1 Å². The van der Waals surface area contributed by atoms with Crippen molar-refractivity contribution in [1.29, 1.82) is 0 Å². The van der Waals surface area contributed by atoms with E-state index in [1.165, 1.54) is 12.1 Å². The molecule has 1 aliphatic rings. The van der Waals surface area contributed by atoms with Crippen LogP contribution >= 0.6 is 0 Å². The van der Waals surface area contributed by atoms with Gasteiger partial charge in [0.05, 0.1) is 22.2 Å². The monoisotopic (exact) mass is 575 g/mol. The van der Waals surface area contributed by atoms with Gasteiger partial charge in [-0.2, -0.15) is 5.10 Å². The predicted octanol–water partition coefficient (Wildman–Crippen LogP) is 2.75. The van der Waals surface area contributed by atoms with Crippen molar-refractivity contribution in [2.24, 2.45) is 11.5 Å². The summed E-state index contributed by atoms with van der Waals surface area (Å²) in [6.45, 7) is 4.79. The number of aromatic nitrogens is 4. The maximum Gasteiger partial charge on any atom is 0.293 e. The summed E-state index contributed by atoms with van der Waals surface area (Å²) in [5.41, 5.74) is 13.2. The second-order valence-electron chi connectivity index (χ2n) is 9.84. The number of primary amides is 2. The minimum absolute atomic E-state index is 0.0422. The van der Waals surface area contributed by atoms with Crippen LogP contribution in [0.2, 0.25) is 0 Å². The minimum Gasteiger partial charge on any atom is -0.489 e. The van der Waals surface area contributed by atoms with E-state index in [1.54, 1.807) is 29.8 Å². The maximum atomic E-state index is 13.3. The number of rotatable bonds is 11. The van der Waals surface area contributed by atoms with Gasteiger partial charge in [0, 0.05) is 30.3 Å². The number of carbonyl (C=O) groups excluding carboxylic acids is 3. The van der Waals surface area contributed by atoms with Crippen molar-refractivity contribution < 1.29 is 24.0 Å². The first-order chi connectivity index (χ1) is 20.1. The van der Waals surface area contributed by atoms with Gasteiger partial charge in [-0.25, -0.2) is 4.98 Å². The smallest absolute Gasteiger partial charge is 0.293 e. The van der Waals surface area contributed by atoms with Gasteiger partial charge in [-0.1, -0.05) is 0 Å². The molecule has 15 nitrogen and oxygen atoms in total. The molecule has 2 aromatic carbocycles. The lowest BCUT2D eigenvalue weighted by Gasteiger charge is -2.27. The molecule has 3 heterocycles. The Bertz CT molecular complexity index is 1740. The van der Waals surface area contributed by atoms with E-state index in [0.717, 1.165) is 6.07 Å². The summed E-state index contributed by atoms with van der Waals surface area (Å²) in [6, 6.07) is 8.55. The van der Waals surface area contributed by atoms with E-state index in [4.69, 9.17) is 16.2 Å². The van der Waals surface area contributed by atoms with Gasteiger partial charge in [-0.3, -0.25) is 34.5 Å². The van der Waals surface area contributed by atoms with Gasteiger partial charge in [-0.15, -0.1) is 0 Å². The maximum absolute atomic E-state index is 13.3. The van der Waals surface area contributed by atoms with E-state index < -0.39 is 16.7 Å². The van der Waals surface area contributed by atoms with E-state index in [0.29, 0.717) is 54.1 Å². The number of benzene rings is 2. The zero-order chi connectivity index (χ0) is 30.1. The number of nitro groups is 1. The summed E-state index contributed by atoms with van der Waals surface area (Å²) in [7, 11) is 0. The molecule has 1 aliphatic heterocycles. The first-order valence-electron chi connectivity index (χ1n) is 13.2. The lowest BCUT2D eigenvalue weighted by atomic mass is 10.1. The van der Waals surface area contributed by atoms with Crippen molar-refractivity contribution in [1.82, 2.24) is 19.3 Å². The summed E-state index contributed by atoms with van der Waals surface area (Å²) in [6.07, 6.45) is 1.11. The Morgan fingerprint density at radius 2 is 1.90 bits per heavy atom. The highest BCUT2D eigenvalue weighted by Gasteiger charge is 2.29. The van der Waals surface area contributed by atoms with Gasteiger partial charge in [0.25, 0.3) is 11.6 Å². The van der Waals surface area contributed by atoms with Crippen LogP contribution < -0.4 is 26.8 Å². The molecule has 4 aromatic rings. The lowest BCUT2D eigenvalue weighted by molar-refractivity contribution is -0.384. The zero-order valence-electron chi connectivity index (χ0n) is 22.9. The molecular formula is C27H29N9O6. The fourth-order valence-electron chi connectivity index (χ4n) is 5.04. The Labute approximate surface area is 239 Å². The third-order valence-electron chi connectivity index (χ3n) is 7.00. The number of ether oxygens (including phenoxy) is 1. The fourth-order valence-corrected chi connectivity index (χ4v) is 5.04. The van der Waals surface area contributed by atoms with Crippen LogP contribution in [0, 0.1) is 17.0 Å². The topological polar surface area (TPSA) is 215 Å². The van der Waals surface area contributed by atoms with Crippen molar-refractivity contribution in [3.05, 3.63) is 69.0 Å². The highest BCUT2D eigenvalue weighted by atomic mass is 16.6. The molecule has 0 unspecified atom stereocenters. The van der Waals surface area contributed by atoms with E-state index >= 15 is 0 Å². The van der Waals surface area contributed by atoms with Crippen LogP contribution in [0.5, 0.6) is 5.75 Å². The van der Waals surface area contributed by atoms with E-state index in [9.17, 15) is 24.5 Å². The first-order valence-corrected chi connectivity index (χ1v) is 13.2. The Hall–Kier alpha value is -5.47. The van der Waals surface area contributed by atoms with Gasteiger partial charge in [0.2, 0.25) is 17.8 Å². The number of amides is 3. The number of carbonyl (C=O) groups is 3. The normalized spacial score (nSPS) is 13.9. The molecule has 3 amide bonds. The quantitative estimate of drug-likeness (QED) is 0.117. The summed E-state index contributed by atoms with van der Waals surface area (Å²) in [5, 5.41) is 21.8. The molecule has 1 atom stereocenters. The van der Waals surface area contributed by atoms with E-state index in [2.05, 4.69) is 20.7 Å². The minimum atomic E-state index is -0.756. The second kappa shape index (κ2) is 11.2. The Morgan fingerprint density at radius 1 is 1.14 bits per heavy atom. The Balaban J connectivity index is 1.40. The van der Waals surface area contributed by atoms with Crippen molar-refractivity contribution in [3.63, 3.8) is 0 Å². The van der Waals surface area contributed by atoms with E-state index in [-0.39, 0.29) is 47.0 Å². The van der Waals surface area contributed by atoms with Gasteiger partial charge >= 0.3 is 0 Å². The predicted molar refractivity (Wildman–Crippen MR) is 153 cm³/mol. The number of hydrogen-bond acceptors (Lipinski definition) is 9. The van der Waals surface area contributed by atoms with Crippen molar-refractivity contribution >= 4 is 46.1 Å². The molecule has 0 aliphatic carbocycles. The molecule has 15 heteroatoms. The number of aryl methyl sites for hydroxylation is 2. The number of hydrogen-bond donors (Lipinski definition) is 4. The number of nitro benzene ring substituents is 1. The third kappa shape index (κ3) is 5.31. The zero-order valence-corrected chi connectivity index (χ0v) is 22.9. The number of anilines is 2. The van der Waals surface area contributed by atoms with Crippen molar-refractivity contribution in [3.8, 4) is 5.75 Å². The highest BCUT2D eigenvalue weighted by molar-refractivity contribution is 6.04. The van der Waals surface area contributed by atoms with E-state index in [1.807, 2.05) is 11.5 Å². The van der Waals surface area contributed by atoms with Crippen LogP contribution in [0.3, 0.4) is 0 Å². The summed E-state index contributed by atoms with van der Waals surface area (Å²) >= 11 is 0. The summed E-state index contributed by atoms with van der Waals surface area (Å²) in [4.78, 5) is 52.2. The van der Waals surface area contributed by atoms with Crippen LogP contribution in [0.25, 0.3) is 11.0 Å². The van der Waals surface area contributed by atoms with Gasteiger partial charge in [-0.05, 0) is 57.0 Å². The average molecular weight is 576 g/mol. The molecule has 0 bridgehead atoms. The first kappa shape index (κ1) is 28.1. The third-order valence-corrected chi connectivity index (χ3v) is 7.00. The fraction of sp³-hybridized carbons (Fsp3) is 0.296. The number of imidazole rings is 1. The van der Waals surface area contributed by atoms with Crippen molar-refractivity contribution in [2.45, 2.75) is 39.3 Å². The Morgan fingerprint density at radius 3 is 2.60 bits per heavy atom. The molecule has 0 saturated carbocycles. The second-order valence-corrected chi connectivity index (χ2v) is 9.84. The van der Waals surface area contributed by atoms with Gasteiger partial charge in [0.15, 0.2) is 0 Å². The molecule has 0 radical (unpaired) electrons. The number of nitrogens with two attached hydrogens (primary N) is 2. The van der Waals surface area contributed by atoms with Crippen LogP contribution in [0.4, 0.5) is 17.3 Å². The molecule has 218 valence electrons. The Kier molecular flexibility index (Phi) is 7.48. The summed E-state index contributed by atoms with van der Waals surface area (Å²) in [5.74, 6) is -1.08. The van der Waals surface area contributed by atoms with Crippen LogP contribution in [0.1, 0.15) is 62.7 Å². The van der Waals surface area contributed by atoms with Crippen LogP contribution in [-0.4, -0.2) is 55.1 Å². The number of nitrogens with zero attached hydrogens (tertiary/aromatic N) is 5. The number of nitrogens with one attached hydrogen (secondary N) is 2. The molecule has 5 rings (SSSR count). The molecule has 42 heavy (non-hydrogen) atoms. The average Bonchev–Trinajstić information content (AvgIpc) is 3.52. The van der Waals surface area contributed by atoms with Crippen molar-refractivity contribution in [2.75, 3.05) is 23.8 Å². The largest absolute Gasteiger partial charge is 0.489 e. The molecule has 6 N–H and O–H groups in total. The molecular weight excluding hydrogens is 546 g/mol. The summed E-state index contributed by atoms with van der Waals surface area (Å²) < 4.78 is 9.47. The van der Waals surface area contributed by atoms with Gasteiger partial charge in [0.1, 0.15) is 29.3 Å². The SMILES string of the molecule is CCn1nc(C)cc1C(=O)Nc1nc2cc(C(N)=O)cc3c2n1[C@H](CCCNc1ccc(C(N)=O)cc1[N+](=O)[O-])CO3. The molecule has 0 fully saturated rings. The standard InChI is InChI=1S/C27H29N9O6/c1-3-34-21(9-14(2)33-34)26(39)32-27-31-19-10-16(25(29)38)12-22-23(19)35(27)17(13-42-22)5-4-8-30-18-7-6-15(24(28)37)11-20(18)36(40)41/h6-7,9-12,17,30H,3-5,8,13H2,1-2H3,(H2,28,37)(H2,29,38)(H,31,32,39)/t17-/m1/s1.